The number of pyridine rings is 1. The number of hydrogen-bond acceptors (Lipinski definition) is 8. The molecule has 2 saturated carbocycles. The zero-order chi connectivity index (χ0) is 39.6. The largest absolute Gasteiger partial charge is 0.389 e. The van der Waals surface area contributed by atoms with E-state index in [1.54, 1.807) is 32.9 Å². The molecule has 1 unspecified atom stereocenters. The number of halogens is 3. The van der Waals surface area contributed by atoms with E-state index in [0.29, 0.717) is 25.7 Å². The molecule has 1 aromatic heterocycles. The number of sulfone groups is 1. The van der Waals surface area contributed by atoms with Gasteiger partial charge in [-0.1, -0.05) is 66.0 Å². The highest BCUT2D eigenvalue weighted by molar-refractivity contribution is 7.91. The third kappa shape index (κ3) is 9.95. The maximum Gasteiger partial charge on any atom is 0.389 e. The summed E-state index contributed by atoms with van der Waals surface area (Å²) in [6.07, 6.45) is -1.39. The molecule has 5 amide bonds. The fourth-order valence-corrected chi connectivity index (χ4v) is 9.53. The number of likely N-dealkylation sites (tertiary alicyclic amines) is 1. The summed E-state index contributed by atoms with van der Waals surface area (Å²) in [5.41, 5.74) is -2.48. The molecule has 2 heterocycles. The topological polar surface area (TPSA) is 184 Å². The first kappa shape index (κ1) is 41.7. The van der Waals surface area contributed by atoms with E-state index >= 15 is 0 Å². The van der Waals surface area contributed by atoms with Gasteiger partial charge in [-0.25, -0.2) is 18.2 Å². The van der Waals surface area contributed by atoms with Gasteiger partial charge in [0.1, 0.15) is 12.1 Å². The number of aromatic nitrogens is 1. The molecule has 17 heteroatoms. The minimum absolute atomic E-state index is 0.109. The van der Waals surface area contributed by atoms with Crippen LogP contribution in [0.25, 0.3) is 0 Å². The van der Waals surface area contributed by atoms with E-state index < -0.39 is 105 Å². The summed E-state index contributed by atoms with van der Waals surface area (Å²) in [5.74, 6) is -4.92. The lowest BCUT2D eigenvalue weighted by Crippen LogP contribution is -2.64. The van der Waals surface area contributed by atoms with Crippen LogP contribution in [0.15, 0.2) is 42.1 Å². The summed E-state index contributed by atoms with van der Waals surface area (Å²) < 4.78 is 66.5. The fraction of sp³-hybridized carbons (Fsp3) is 0.667. The first-order valence-corrected chi connectivity index (χ1v) is 19.5. The SMILES string of the molecule is C=CCNC(=O)C(=O)C(CCC(F)(F)F)NC(=O)[C@@H]1[C@@H]2[C@H](CN1C(=O)[C@@H](NC(=O)NC1(CS(=O)(=O)c3ccccn3)CCCCC1)C(C)(C)C)C2(C)C. The van der Waals surface area contributed by atoms with Crippen molar-refractivity contribution in [3.8, 4) is 0 Å². The van der Waals surface area contributed by atoms with E-state index in [2.05, 4.69) is 32.8 Å². The predicted molar refractivity (Wildman–Crippen MR) is 189 cm³/mol. The molecule has 0 radical (unpaired) electrons. The number of hydrogen-bond donors (Lipinski definition) is 4. The van der Waals surface area contributed by atoms with Gasteiger partial charge < -0.3 is 26.2 Å². The molecule has 3 fully saturated rings. The molecule has 1 aromatic rings. The molecule has 5 atom stereocenters. The first-order valence-electron chi connectivity index (χ1n) is 17.9. The zero-order valence-corrected chi connectivity index (χ0v) is 31.7. The summed E-state index contributed by atoms with van der Waals surface area (Å²) in [5, 5.41) is 10.1. The number of amides is 5. The molecule has 0 aromatic carbocycles. The second kappa shape index (κ2) is 15.8. The van der Waals surface area contributed by atoms with E-state index in [9.17, 15) is 45.6 Å². The van der Waals surface area contributed by atoms with Gasteiger partial charge >= 0.3 is 12.2 Å². The van der Waals surface area contributed by atoms with Crippen molar-refractivity contribution < 1.29 is 45.6 Å². The average molecular weight is 769 g/mol. The molecule has 1 aliphatic heterocycles. The molecule has 4 N–H and O–H groups in total. The van der Waals surface area contributed by atoms with Crippen LogP contribution >= 0.6 is 0 Å². The lowest BCUT2D eigenvalue weighted by atomic mass is 9.83. The van der Waals surface area contributed by atoms with Crippen LogP contribution in [0, 0.1) is 22.7 Å². The number of rotatable bonds is 14. The summed E-state index contributed by atoms with van der Waals surface area (Å²) in [6.45, 7) is 12.3. The number of Topliss-reactive ketones (excluding diaryl/α,β-unsaturated/α-hetero) is 1. The van der Waals surface area contributed by atoms with Gasteiger partial charge in [0.15, 0.2) is 14.9 Å². The summed E-state index contributed by atoms with van der Waals surface area (Å²) >= 11 is 0. The Balaban J connectivity index is 1.57. The number of carbonyl (C=O) groups is 5. The molecule has 3 aliphatic rings. The van der Waals surface area contributed by atoms with E-state index in [4.69, 9.17) is 0 Å². The van der Waals surface area contributed by atoms with Crippen LogP contribution in [-0.4, -0.2) is 96.5 Å². The number of alkyl halides is 3. The van der Waals surface area contributed by atoms with Crippen molar-refractivity contribution >= 4 is 39.4 Å². The number of piperidine rings is 1. The lowest BCUT2D eigenvalue weighted by Gasteiger charge is -2.40. The number of fused-ring (bicyclic) bond motifs is 1. The Morgan fingerprint density at radius 2 is 1.72 bits per heavy atom. The van der Waals surface area contributed by atoms with Gasteiger partial charge in [0, 0.05) is 25.7 Å². The Morgan fingerprint density at radius 3 is 2.28 bits per heavy atom. The maximum absolute atomic E-state index is 14.4. The summed E-state index contributed by atoms with van der Waals surface area (Å²) in [4.78, 5) is 72.8. The van der Waals surface area contributed by atoms with Crippen LogP contribution in [0.3, 0.4) is 0 Å². The smallest absolute Gasteiger partial charge is 0.346 e. The standard InChI is InChI=1S/C36H51F3N6O7S/c1-7-18-41-30(48)27(46)23(14-17-36(37,38)39)42-29(47)26-25-22(34(25,5)6)20-45(26)31(49)28(33(2,3)4)43-32(50)44-35(15-10-8-11-16-35)21-53(51,52)24-13-9-12-19-40-24/h7,9,12-13,19,22-23,25-26,28H,1,8,10-11,14-18,20-21H2,2-6H3,(H,41,48)(H,42,47)(H2,43,44,50)/t22-,23?,25-,26-,28+/m0/s1. The molecule has 0 spiro atoms. The molecule has 53 heavy (non-hydrogen) atoms. The Morgan fingerprint density at radius 1 is 1.06 bits per heavy atom. The minimum Gasteiger partial charge on any atom is -0.346 e. The van der Waals surface area contributed by atoms with Crippen LogP contribution in [0.5, 0.6) is 0 Å². The molecule has 294 valence electrons. The number of carbonyl (C=O) groups excluding carboxylic acids is 5. The van der Waals surface area contributed by atoms with Crippen molar-refractivity contribution in [2.75, 3.05) is 18.8 Å². The van der Waals surface area contributed by atoms with E-state index in [0.717, 1.165) is 6.42 Å². The van der Waals surface area contributed by atoms with Gasteiger partial charge in [0.25, 0.3) is 5.91 Å². The summed E-state index contributed by atoms with van der Waals surface area (Å²) in [7, 11) is -3.91. The van der Waals surface area contributed by atoms with Crippen molar-refractivity contribution in [2.45, 2.75) is 114 Å². The van der Waals surface area contributed by atoms with Crippen molar-refractivity contribution in [3.63, 3.8) is 0 Å². The normalized spacial score (nSPS) is 23.1. The van der Waals surface area contributed by atoms with Crippen molar-refractivity contribution in [1.29, 1.82) is 0 Å². The van der Waals surface area contributed by atoms with Crippen LogP contribution in [0.2, 0.25) is 0 Å². The van der Waals surface area contributed by atoms with E-state index in [1.165, 1.54) is 23.2 Å². The quantitative estimate of drug-likeness (QED) is 0.164. The number of nitrogens with one attached hydrogen (secondary N) is 4. The number of nitrogens with zero attached hydrogens (tertiary/aromatic N) is 2. The maximum atomic E-state index is 14.4. The van der Waals surface area contributed by atoms with Crippen LogP contribution in [0.1, 0.15) is 79.6 Å². The van der Waals surface area contributed by atoms with E-state index in [1.807, 2.05) is 13.8 Å². The third-order valence-electron chi connectivity index (χ3n) is 10.7. The Bertz CT molecular complexity index is 1670. The van der Waals surface area contributed by atoms with Gasteiger partial charge in [0.2, 0.25) is 17.6 Å². The van der Waals surface area contributed by atoms with E-state index in [-0.39, 0.29) is 24.0 Å². The van der Waals surface area contributed by atoms with Crippen molar-refractivity contribution in [3.05, 3.63) is 37.1 Å². The molecular formula is C36H51F3N6O7S. The molecule has 1 saturated heterocycles. The Kier molecular flexibility index (Phi) is 12.4. The molecule has 13 nitrogen and oxygen atoms in total. The lowest BCUT2D eigenvalue weighted by molar-refractivity contribution is -0.148. The highest BCUT2D eigenvalue weighted by Gasteiger charge is 2.70. The van der Waals surface area contributed by atoms with Gasteiger partial charge in [-0.2, -0.15) is 13.2 Å². The predicted octanol–water partition coefficient (Wildman–Crippen LogP) is 3.45. The summed E-state index contributed by atoms with van der Waals surface area (Å²) in [6, 6.07) is -0.471. The molecular weight excluding hydrogens is 717 g/mol. The Hall–Kier alpha value is -4.02. The average Bonchev–Trinajstić information content (AvgIpc) is 3.37. The Labute approximate surface area is 308 Å². The van der Waals surface area contributed by atoms with Gasteiger partial charge in [-0.3, -0.25) is 19.2 Å². The van der Waals surface area contributed by atoms with Crippen LogP contribution in [0.4, 0.5) is 18.0 Å². The van der Waals surface area contributed by atoms with Crippen LogP contribution in [-0.2, 0) is 29.0 Å². The highest BCUT2D eigenvalue weighted by Crippen LogP contribution is 2.65. The van der Waals surface area contributed by atoms with Gasteiger partial charge in [-0.15, -0.1) is 6.58 Å². The van der Waals surface area contributed by atoms with Crippen LogP contribution < -0.4 is 21.3 Å². The molecule has 0 bridgehead atoms. The van der Waals surface area contributed by atoms with Gasteiger partial charge in [0.05, 0.1) is 17.3 Å². The molecule has 2 aliphatic carbocycles. The third-order valence-corrected chi connectivity index (χ3v) is 12.6. The molecule has 4 rings (SSSR count). The number of ketones is 1. The minimum atomic E-state index is -4.68. The second-order valence-corrected chi connectivity index (χ2v) is 18.1. The van der Waals surface area contributed by atoms with Crippen molar-refractivity contribution in [1.82, 2.24) is 31.2 Å². The highest BCUT2D eigenvalue weighted by atomic mass is 32.2. The fourth-order valence-electron chi connectivity index (χ4n) is 7.78. The monoisotopic (exact) mass is 768 g/mol. The van der Waals surface area contributed by atoms with Crippen molar-refractivity contribution in [2.24, 2.45) is 22.7 Å². The zero-order valence-electron chi connectivity index (χ0n) is 30.8. The second-order valence-electron chi connectivity index (χ2n) is 16.1. The number of urea groups is 1. The first-order chi connectivity index (χ1) is 24.5. The van der Waals surface area contributed by atoms with Gasteiger partial charge in [-0.05, 0) is 54.1 Å².